The molecule has 1 N–H and O–H groups in total. The Morgan fingerprint density at radius 2 is 2.24 bits per heavy atom. The third-order valence-corrected chi connectivity index (χ3v) is 3.40. The second-order valence-electron chi connectivity index (χ2n) is 4.98. The van der Waals surface area contributed by atoms with E-state index in [1.807, 2.05) is 6.07 Å². The van der Waals surface area contributed by atoms with E-state index in [4.69, 9.17) is 4.74 Å². The van der Waals surface area contributed by atoms with Crippen molar-refractivity contribution in [2.75, 3.05) is 13.7 Å². The number of hydrogen-bond donors (Lipinski definition) is 1. The molecule has 2 rings (SSSR count). The molecule has 1 aromatic carbocycles. The Hall–Kier alpha value is -1.28. The summed E-state index contributed by atoms with van der Waals surface area (Å²) in [5.74, 6) is 1.65. The van der Waals surface area contributed by atoms with Gasteiger partial charge in [0, 0.05) is 12.6 Å². The van der Waals surface area contributed by atoms with Crippen molar-refractivity contribution in [3.05, 3.63) is 42.0 Å². The topological polar surface area (TPSA) is 21.3 Å². The first-order valence-electron chi connectivity index (χ1n) is 6.20. The number of benzene rings is 1. The van der Waals surface area contributed by atoms with Crippen LogP contribution in [0.25, 0.3) is 0 Å². The quantitative estimate of drug-likeness (QED) is 0.786. The molecule has 0 aromatic heterocycles. The molecule has 0 aliphatic heterocycles. The van der Waals surface area contributed by atoms with Crippen LogP contribution < -0.4 is 10.1 Å². The van der Waals surface area contributed by atoms with E-state index >= 15 is 0 Å². The van der Waals surface area contributed by atoms with Crippen LogP contribution in [-0.2, 0) is 0 Å². The van der Waals surface area contributed by atoms with E-state index in [9.17, 15) is 0 Å². The summed E-state index contributed by atoms with van der Waals surface area (Å²) in [5, 5.41) is 3.52. The minimum atomic E-state index is 0.655. The van der Waals surface area contributed by atoms with Gasteiger partial charge in [-0.25, -0.2) is 0 Å². The van der Waals surface area contributed by atoms with Crippen LogP contribution in [0.1, 0.15) is 31.2 Å². The van der Waals surface area contributed by atoms with Gasteiger partial charge in [0.1, 0.15) is 5.75 Å². The van der Waals surface area contributed by atoms with Crippen LogP contribution in [0.5, 0.6) is 5.75 Å². The lowest BCUT2D eigenvalue weighted by Gasteiger charge is -2.36. The van der Waals surface area contributed by atoms with Crippen LogP contribution in [0, 0.1) is 0 Å². The summed E-state index contributed by atoms with van der Waals surface area (Å²) >= 11 is 0. The van der Waals surface area contributed by atoms with Gasteiger partial charge < -0.3 is 10.1 Å². The first kappa shape index (κ1) is 12.2. The zero-order valence-corrected chi connectivity index (χ0v) is 10.7. The van der Waals surface area contributed by atoms with E-state index in [2.05, 4.69) is 37.0 Å². The highest BCUT2D eigenvalue weighted by Gasteiger charge is 2.29. The lowest BCUT2D eigenvalue weighted by atomic mass is 9.76. The Morgan fingerprint density at radius 3 is 2.88 bits per heavy atom. The molecular formula is C15H21NO. The van der Waals surface area contributed by atoms with Crippen LogP contribution in [-0.4, -0.2) is 19.7 Å². The molecule has 1 saturated carbocycles. The maximum absolute atomic E-state index is 5.25. The Bertz CT molecular complexity index is 394. The fraction of sp³-hybridized carbons (Fsp3) is 0.467. The molecule has 2 heteroatoms. The van der Waals surface area contributed by atoms with Crippen molar-refractivity contribution >= 4 is 0 Å². The van der Waals surface area contributed by atoms with Crippen LogP contribution in [0.15, 0.2) is 36.4 Å². The maximum atomic E-state index is 5.25. The fourth-order valence-corrected chi connectivity index (χ4v) is 2.27. The normalized spacial score (nSPS) is 22.9. The summed E-state index contributed by atoms with van der Waals surface area (Å²) in [5.41, 5.74) is 2.60. The van der Waals surface area contributed by atoms with Gasteiger partial charge in [0.15, 0.2) is 0 Å². The summed E-state index contributed by atoms with van der Waals surface area (Å²) in [4.78, 5) is 0. The van der Waals surface area contributed by atoms with Crippen molar-refractivity contribution in [2.24, 2.45) is 0 Å². The molecule has 0 radical (unpaired) electrons. The highest BCUT2D eigenvalue weighted by Crippen LogP contribution is 2.37. The van der Waals surface area contributed by atoms with Crippen molar-refractivity contribution in [1.29, 1.82) is 0 Å². The second kappa shape index (κ2) is 5.37. The van der Waals surface area contributed by atoms with Crippen LogP contribution >= 0.6 is 0 Å². The van der Waals surface area contributed by atoms with Crippen molar-refractivity contribution in [3.8, 4) is 5.75 Å². The van der Waals surface area contributed by atoms with E-state index < -0.39 is 0 Å². The Kier molecular flexibility index (Phi) is 3.85. The highest BCUT2D eigenvalue weighted by atomic mass is 16.5. The zero-order valence-electron chi connectivity index (χ0n) is 10.7. The van der Waals surface area contributed by atoms with Gasteiger partial charge in [-0.15, -0.1) is 0 Å². The smallest absolute Gasteiger partial charge is 0.119 e. The van der Waals surface area contributed by atoms with Gasteiger partial charge >= 0.3 is 0 Å². The van der Waals surface area contributed by atoms with Crippen LogP contribution in [0.4, 0.5) is 0 Å². The SMILES string of the molecule is C=C(C)CNC1CC(c2cccc(OC)c2)C1. The summed E-state index contributed by atoms with van der Waals surface area (Å²) in [6.07, 6.45) is 2.45. The predicted octanol–water partition coefficient (Wildman–Crippen LogP) is 3.11. The molecule has 0 bridgehead atoms. The molecule has 17 heavy (non-hydrogen) atoms. The van der Waals surface area contributed by atoms with Gasteiger partial charge in [0.2, 0.25) is 0 Å². The molecule has 1 aromatic rings. The molecule has 1 aliphatic rings. The summed E-state index contributed by atoms with van der Waals surface area (Å²) in [6, 6.07) is 9.08. The van der Waals surface area contributed by atoms with E-state index in [1.54, 1.807) is 7.11 Å². The van der Waals surface area contributed by atoms with Crippen molar-refractivity contribution in [3.63, 3.8) is 0 Å². The van der Waals surface area contributed by atoms with Crippen molar-refractivity contribution in [2.45, 2.75) is 31.7 Å². The molecule has 0 unspecified atom stereocenters. The maximum Gasteiger partial charge on any atom is 0.119 e. The number of rotatable bonds is 5. The molecule has 1 aliphatic carbocycles. The van der Waals surface area contributed by atoms with Gasteiger partial charge in [-0.2, -0.15) is 0 Å². The van der Waals surface area contributed by atoms with Crippen molar-refractivity contribution < 1.29 is 4.74 Å². The zero-order chi connectivity index (χ0) is 12.3. The molecule has 0 saturated heterocycles. The molecule has 92 valence electrons. The number of nitrogens with one attached hydrogen (secondary N) is 1. The van der Waals surface area contributed by atoms with E-state index in [0.29, 0.717) is 12.0 Å². The van der Waals surface area contributed by atoms with E-state index in [0.717, 1.165) is 12.3 Å². The van der Waals surface area contributed by atoms with E-state index in [-0.39, 0.29) is 0 Å². The Morgan fingerprint density at radius 1 is 1.47 bits per heavy atom. The minimum Gasteiger partial charge on any atom is -0.497 e. The average Bonchev–Trinajstić information content (AvgIpc) is 2.27. The summed E-state index contributed by atoms with van der Waals surface area (Å²) < 4.78 is 5.25. The third-order valence-electron chi connectivity index (χ3n) is 3.40. The number of hydrogen-bond acceptors (Lipinski definition) is 2. The van der Waals surface area contributed by atoms with Gasteiger partial charge in [-0.05, 0) is 43.4 Å². The minimum absolute atomic E-state index is 0.655. The second-order valence-corrected chi connectivity index (χ2v) is 4.98. The largest absolute Gasteiger partial charge is 0.497 e. The van der Waals surface area contributed by atoms with E-state index in [1.165, 1.54) is 24.0 Å². The lowest BCUT2D eigenvalue weighted by molar-refractivity contribution is 0.297. The molecular weight excluding hydrogens is 210 g/mol. The lowest BCUT2D eigenvalue weighted by Crippen LogP contribution is -2.40. The number of methoxy groups -OCH3 is 1. The van der Waals surface area contributed by atoms with Crippen LogP contribution in [0.3, 0.4) is 0 Å². The molecule has 1 fully saturated rings. The van der Waals surface area contributed by atoms with Crippen LogP contribution in [0.2, 0.25) is 0 Å². The standard InChI is InChI=1S/C15H21NO/c1-11(2)10-16-14-7-13(8-14)12-5-4-6-15(9-12)17-3/h4-6,9,13-14,16H,1,7-8,10H2,2-3H3. The predicted molar refractivity (Wildman–Crippen MR) is 71.6 cm³/mol. The Balaban J connectivity index is 1.84. The molecule has 2 nitrogen and oxygen atoms in total. The molecule has 0 atom stereocenters. The van der Waals surface area contributed by atoms with Crippen molar-refractivity contribution in [1.82, 2.24) is 5.32 Å². The number of ether oxygens (including phenoxy) is 1. The monoisotopic (exact) mass is 231 g/mol. The van der Waals surface area contributed by atoms with Gasteiger partial charge in [-0.3, -0.25) is 0 Å². The fourth-order valence-electron chi connectivity index (χ4n) is 2.27. The molecule has 0 heterocycles. The van der Waals surface area contributed by atoms with Gasteiger partial charge in [0.25, 0.3) is 0 Å². The molecule has 0 amide bonds. The van der Waals surface area contributed by atoms with Gasteiger partial charge in [0.05, 0.1) is 7.11 Å². The first-order valence-corrected chi connectivity index (χ1v) is 6.20. The third kappa shape index (κ3) is 3.10. The summed E-state index contributed by atoms with van der Waals surface area (Å²) in [6.45, 7) is 6.91. The van der Waals surface area contributed by atoms with Gasteiger partial charge in [-0.1, -0.05) is 24.3 Å². The summed E-state index contributed by atoms with van der Waals surface area (Å²) in [7, 11) is 1.72. The Labute approximate surface area is 104 Å². The molecule has 0 spiro atoms. The average molecular weight is 231 g/mol. The highest BCUT2D eigenvalue weighted by molar-refractivity contribution is 5.32. The first-order chi connectivity index (χ1) is 8.19.